The van der Waals surface area contributed by atoms with Crippen molar-refractivity contribution in [2.75, 3.05) is 16.9 Å². The number of carbonyl (C=O) groups excluding carboxylic acids is 1. The Hall–Kier alpha value is -2.12. The average Bonchev–Trinajstić information content (AvgIpc) is 2.42. The predicted molar refractivity (Wildman–Crippen MR) is 84.5 cm³/mol. The lowest BCUT2D eigenvalue weighted by Crippen LogP contribution is -2.19. The molecule has 0 aliphatic rings. The van der Waals surface area contributed by atoms with Crippen LogP contribution >= 0.6 is 11.6 Å². The highest BCUT2D eigenvalue weighted by Crippen LogP contribution is 2.26. The van der Waals surface area contributed by atoms with Gasteiger partial charge in [-0.3, -0.25) is 4.21 Å². The summed E-state index contributed by atoms with van der Waals surface area (Å²) in [6.45, 7) is 0. The molecule has 0 spiro atoms. The van der Waals surface area contributed by atoms with Crippen molar-refractivity contribution in [1.82, 2.24) is 0 Å². The van der Waals surface area contributed by atoms with Gasteiger partial charge in [0.25, 0.3) is 0 Å². The van der Waals surface area contributed by atoms with Crippen molar-refractivity contribution in [3.8, 4) is 5.75 Å². The third-order valence-electron chi connectivity index (χ3n) is 2.70. The van der Waals surface area contributed by atoms with Gasteiger partial charge < -0.3 is 15.7 Å². The molecule has 2 aromatic carbocycles. The zero-order valence-electron chi connectivity index (χ0n) is 11.4. The van der Waals surface area contributed by atoms with Crippen LogP contribution in [0, 0.1) is 5.82 Å². The molecule has 22 heavy (non-hydrogen) atoms. The second-order valence-corrected chi connectivity index (χ2v) is 6.10. The molecule has 116 valence electrons. The van der Waals surface area contributed by atoms with Crippen molar-refractivity contribution < 1.29 is 18.5 Å². The minimum absolute atomic E-state index is 0.0660. The van der Waals surface area contributed by atoms with Crippen molar-refractivity contribution in [2.45, 2.75) is 4.90 Å². The van der Waals surface area contributed by atoms with Crippen molar-refractivity contribution in [1.29, 1.82) is 0 Å². The molecule has 0 aromatic heterocycles. The van der Waals surface area contributed by atoms with Crippen molar-refractivity contribution in [3.05, 3.63) is 47.2 Å². The lowest BCUT2D eigenvalue weighted by Gasteiger charge is -2.09. The number of halogens is 2. The number of phenolic OH excluding ortho intramolecular Hbond substituents is 1. The maximum atomic E-state index is 13.7. The molecular formula is C14H12ClFN2O3S. The van der Waals surface area contributed by atoms with Gasteiger partial charge in [0, 0.05) is 17.6 Å². The van der Waals surface area contributed by atoms with Crippen LogP contribution in [0.1, 0.15) is 0 Å². The fraction of sp³-hybridized carbons (Fsp3) is 0.0714. The maximum Gasteiger partial charge on any atom is 0.323 e. The number of anilines is 2. The Labute approximate surface area is 133 Å². The predicted octanol–water partition coefficient (Wildman–Crippen LogP) is 3.57. The van der Waals surface area contributed by atoms with E-state index in [2.05, 4.69) is 10.6 Å². The number of hydrogen-bond acceptors (Lipinski definition) is 3. The van der Waals surface area contributed by atoms with Crippen LogP contribution in [0.4, 0.5) is 20.6 Å². The fourth-order valence-electron chi connectivity index (χ4n) is 1.69. The summed E-state index contributed by atoms with van der Waals surface area (Å²) in [5.74, 6) is -0.760. The van der Waals surface area contributed by atoms with Crippen LogP contribution < -0.4 is 10.6 Å². The number of urea groups is 1. The van der Waals surface area contributed by atoms with Crippen LogP contribution in [0.15, 0.2) is 41.3 Å². The summed E-state index contributed by atoms with van der Waals surface area (Å²) < 4.78 is 24.9. The van der Waals surface area contributed by atoms with Gasteiger partial charge in [0.05, 0.1) is 20.7 Å². The zero-order chi connectivity index (χ0) is 16.3. The Morgan fingerprint density at radius 1 is 1.18 bits per heavy atom. The van der Waals surface area contributed by atoms with Gasteiger partial charge in [-0.2, -0.15) is 0 Å². The van der Waals surface area contributed by atoms with E-state index in [4.69, 9.17) is 11.6 Å². The Kier molecular flexibility index (Phi) is 4.99. The molecule has 0 fully saturated rings. The van der Waals surface area contributed by atoms with Crippen LogP contribution in [0.25, 0.3) is 0 Å². The van der Waals surface area contributed by atoms with Gasteiger partial charge >= 0.3 is 6.03 Å². The molecule has 0 radical (unpaired) electrons. The first-order valence-electron chi connectivity index (χ1n) is 6.06. The highest BCUT2D eigenvalue weighted by atomic mass is 35.5. The van der Waals surface area contributed by atoms with Crippen molar-refractivity contribution in [2.24, 2.45) is 0 Å². The van der Waals surface area contributed by atoms with Crippen LogP contribution in [-0.4, -0.2) is 21.6 Å². The number of amides is 2. The zero-order valence-corrected chi connectivity index (χ0v) is 13.0. The molecule has 0 saturated carbocycles. The number of nitrogens with one attached hydrogen (secondary N) is 2. The van der Waals surface area contributed by atoms with E-state index < -0.39 is 22.6 Å². The van der Waals surface area contributed by atoms with Crippen molar-refractivity contribution >= 4 is 39.8 Å². The molecule has 0 unspecified atom stereocenters. The smallest absolute Gasteiger partial charge is 0.323 e. The molecule has 0 heterocycles. The van der Waals surface area contributed by atoms with E-state index in [1.165, 1.54) is 36.6 Å². The standard InChI is InChI=1S/C14H12ClFN2O3S/c1-22(21)13-5-3-9(7-11(13)16)18-14(20)17-8-2-4-12(19)10(15)6-8/h2-7,19H,1H3,(H2,17,18,20)/t22-/m0/s1. The second-order valence-electron chi connectivity index (χ2n) is 4.34. The van der Waals surface area contributed by atoms with Gasteiger partial charge in [-0.1, -0.05) is 11.6 Å². The van der Waals surface area contributed by atoms with Gasteiger partial charge in [-0.15, -0.1) is 0 Å². The normalized spacial score (nSPS) is 11.8. The van der Waals surface area contributed by atoms with Crippen LogP contribution in [0.5, 0.6) is 5.75 Å². The van der Waals surface area contributed by atoms with Gasteiger partial charge in [0.15, 0.2) is 0 Å². The molecule has 1 atom stereocenters. The number of carbonyl (C=O) groups is 1. The quantitative estimate of drug-likeness (QED) is 0.746. The van der Waals surface area contributed by atoms with Gasteiger partial charge in [0.2, 0.25) is 0 Å². The van der Waals surface area contributed by atoms with Gasteiger partial charge in [-0.05, 0) is 36.4 Å². The first kappa shape index (κ1) is 16.3. The lowest BCUT2D eigenvalue weighted by atomic mass is 10.3. The molecule has 0 saturated heterocycles. The summed E-state index contributed by atoms with van der Waals surface area (Å²) in [5.41, 5.74) is 0.584. The third-order valence-corrected chi connectivity index (χ3v) is 3.96. The lowest BCUT2D eigenvalue weighted by molar-refractivity contribution is 0.262. The Morgan fingerprint density at radius 2 is 1.77 bits per heavy atom. The van der Waals surface area contributed by atoms with Crippen molar-refractivity contribution in [3.63, 3.8) is 0 Å². The first-order chi connectivity index (χ1) is 10.4. The fourth-order valence-corrected chi connectivity index (χ4v) is 2.46. The van der Waals surface area contributed by atoms with E-state index in [1.807, 2.05) is 0 Å². The van der Waals surface area contributed by atoms with Gasteiger partial charge in [-0.25, -0.2) is 9.18 Å². The largest absolute Gasteiger partial charge is 0.506 e. The van der Waals surface area contributed by atoms with Crippen LogP contribution in [-0.2, 0) is 10.8 Å². The van der Waals surface area contributed by atoms with Crippen LogP contribution in [0.2, 0.25) is 5.02 Å². The topological polar surface area (TPSA) is 78.4 Å². The number of rotatable bonds is 3. The molecule has 5 nitrogen and oxygen atoms in total. The monoisotopic (exact) mass is 342 g/mol. The summed E-state index contributed by atoms with van der Waals surface area (Å²) in [6, 6.07) is 7.45. The molecular weight excluding hydrogens is 331 g/mol. The van der Waals surface area contributed by atoms with E-state index in [9.17, 15) is 18.5 Å². The molecule has 2 rings (SSSR count). The number of aromatic hydroxyl groups is 1. The third kappa shape index (κ3) is 3.96. The first-order valence-corrected chi connectivity index (χ1v) is 8.00. The second kappa shape index (κ2) is 6.76. The summed E-state index contributed by atoms with van der Waals surface area (Å²) >= 11 is 5.73. The maximum absolute atomic E-state index is 13.7. The summed E-state index contributed by atoms with van der Waals surface area (Å²) in [6.07, 6.45) is 1.37. The molecule has 2 aromatic rings. The average molecular weight is 343 g/mol. The van der Waals surface area contributed by atoms with E-state index in [0.717, 1.165) is 6.07 Å². The summed E-state index contributed by atoms with van der Waals surface area (Å²) in [5, 5.41) is 14.3. The number of benzene rings is 2. The molecule has 8 heteroatoms. The molecule has 0 aliphatic heterocycles. The van der Waals surface area contributed by atoms with E-state index >= 15 is 0 Å². The Bertz CT molecular complexity index is 755. The highest BCUT2D eigenvalue weighted by Gasteiger charge is 2.09. The van der Waals surface area contributed by atoms with E-state index in [-0.39, 0.29) is 21.4 Å². The van der Waals surface area contributed by atoms with Crippen LogP contribution in [0.3, 0.4) is 0 Å². The molecule has 3 N–H and O–H groups in total. The Morgan fingerprint density at radius 3 is 2.32 bits per heavy atom. The SMILES string of the molecule is C[S@](=O)c1ccc(NC(=O)Nc2ccc(O)c(Cl)c2)cc1F. The minimum Gasteiger partial charge on any atom is -0.506 e. The minimum atomic E-state index is -1.44. The summed E-state index contributed by atoms with van der Waals surface area (Å²) in [4.78, 5) is 11.9. The Balaban J connectivity index is 2.07. The van der Waals surface area contributed by atoms with E-state index in [1.54, 1.807) is 0 Å². The molecule has 0 bridgehead atoms. The number of phenols is 1. The highest BCUT2D eigenvalue weighted by molar-refractivity contribution is 7.84. The molecule has 2 amide bonds. The number of hydrogen-bond donors (Lipinski definition) is 3. The molecule has 0 aliphatic carbocycles. The van der Waals surface area contributed by atoms with Gasteiger partial charge in [0.1, 0.15) is 11.6 Å². The summed E-state index contributed by atoms with van der Waals surface area (Å²) in [7, 11) is -1.44. The van der Waals surface area contributed by atoms with E-state index in [0.29, 0.717) is 5.69 Å².